The summed E-state index contributed by atoms with van der Waals surface area (Å²) >= 11 is 1.22. The molecular weight excluding hydrogens is 412 g/mol. The molecule has 0 aliphatic heterocycles. The van der Waals surface area contributed by atoms with Crippen molar-refractivity contribution >= 4 is 43.2 Å². The molecule has 0 spiro atoms. The van der Waals surface area contributed by atoms with Crippen LogP contribution in [0.25, 0.3) is 22.4 Å². The molecule has 0 fully saturated rings. The van der Waals surface area contributed by atoms with Gasteiger partial charge in [-0.25, -0.2) is 13.4 Å². The van der Waals surface area contributed by atoms with Gasteiger partial charge in [0.05, 0.1) is 17.6 Å². The lowest BCUT2D eigenvalue weighted by Crippen LogP contribution is -2.15. The standard InChI is InChI=1S/C20H16N2O5S2/c1-26-13-7-8-16-12(9-13)10-17(27-16)15-11-28-20(21-15)22-19(23)14-5-3-4-6-18(14)29(2,24)25/h3-11H,1-2H3,(H,21,22,23). The van der Waals surface area contributed by atoms with E-state index in [-0.39, 0.29) is 10.5 Å². The van der Waals surface area contributed by atoms with Crippen molar-refractivity contribution in [3.8, 4) is 17.2 Å². The Labute approximate surface area is 170 Å². The lowest BCUT2D eigenvalue weighted by molar-refractivity contribution is 0.102. The summed E-state index contributed by atoms with van der Waals surface area (Å²) in [5, 5.41) is 5.63. The summed E-state index contributed by atoms with van der Waals surface area (Å²) in [6.45, 7) is 0. The van der Waals surface area contributed by atoms with Gasteiger partial charge in [0, 0.05) is 17.0 Å². The van der Waals surface area contributed by atoms with Crippen LogP contribution in [0.1, 0.15) is 10.4 Å². The maximum absolute atomic E-state index is 12.6. The average Bonchev–Trinajstić information content (AvgIpc) is 3.33. The second-order valence-electron chi connectivity index (χ2n) is 6.27. The summed E-state index contributed by atoms with van der Waals surface area (Å²) in [5.74, 6) is 0.739. The highest BCUT2D eigenvalue weighted by molar-refractivity contribution is 7.90. The normalized spacial score (nSPS) is 11.5. The summed E-state index contributed by atoms with van der Waals surface area (Å²) in [6, 6.07) is 13.4. The largest absolute Gasteiger partial charge is 0.497 e. The van der Waals surface area contributed by atoms with E-state index in [1.165, 1.54) is 23.5 Å². The van der Waals surface area contributed by atoms with Crippen LogP contribution in [-0.4, -0.2) is 32.7 Å². The predicted molar refractivity (Wildman–Crippen MR) is 111 cm³/mol. The fraction of sp³-hybridized carbons (Fsp3) is 0.100. The Hall–Kier alpha value is -3.17. The number of fused-ring (bicyclic) bond motifs is 1. The van der Waals surface area contributed by atoms with E-state index in [0.717, 1.165) is 17.4 Å². The molecule has 0 aliphatic carbocycles. The number of furan rings is 1. The van der Waals surface area contributed by atoms with Gasteiger partial charge in [-0.05, 0) is 36.4 Å². The molecule has 0 radical (unpaired) electrons. The Morgan fingerprint density at radius 3 is 2.72 bits per heavy atom. The molecule has 2 aromatic carbocycles. The zero-order valence-electron chi connectivity index (χ0n) is 15.5. The molecule has 2 aromatic heterocycles. The van der Waals surface area contributed by atoms with Crippen molar-refractivity contribution < 1.29 is 22.4 Å². The number of carbonyl (C=O) groups is 1. The topological polar surface area (TPSA) is 98.5 Å². The first kappa shape index (κ1) is 19.2. The Morgan fingerprint density at radius 1 is 1.17 bits per heavy atom. The zero-order chi connectivity index (χ0) is 20.6. The minimum absolute atomic E-state index is 0.0273. The molecular formula is C20H16N2O5S2. The zero-order valence-corrected chi connectivity index (χ0v) is 17.1. The number of amides is 1. The fourth-order valence-corrected chi connectivity index (χ4v) is 4.44. The SMILES string of the molecule is COc1ccc2oc(-c3csc(NC(=O)c4ccccc4S(C)(=O)=O)n3)cc2c1. The molecule has 9 heteroatoms. The van der Waals surface area contributed by atoms with Crippen LogP contribution < -0.4 is 10.1 Å². The summed E-state index contributed by atoms with van der Waals surface area (Å²) in [5.41, 5.74) is 1.33. The first-order valence-corrected chi connectivity index (χ1v) is 11.3. The number of nitrogens with zero attached hydrogens (tertiary/aromatic N) is 1. The Bertz CT molecular complexity index is 1320. The summed E-state index contributed by atoms with van der Waals surface area (Å²) < 4.78 is 34.9. The highest BCUT2D eigenvalue weighted by Crippen LogP contribution is 2.32. The number of thiazole rings is 1. The van der Waals surface area contributed by atoms with Crippen molar-refractivity contribution in [1.82, 2.24) is 4.98 Å². The van der Waals surface area contributed by atoms with E-state index in [9.17, 15) is 13.2 Å². The van der Waals surface area contributed by atoms with Gasteiger partial charge in [0.2, 0.25) is 0 Å². The smallest absolute Gasteiger partial charge is 0.258 e. The van der Waals surface area contributed by atoms with Crippen molar-refractivity contribution in [2.45, 2.75) is 4.90 Å². The van der Waals surface area contributed by atoms with Gasteiger partial charge in [-0.15, -0.1) is 11.3 Å². The van der Waals surface area contributed by atoms with Crippen LogP contribution in [0.5, 0.6) is 5.75 Å². The van der Waals surface area contributed by atoms with E-state index in [4.69, 9.17) is 9.15 Å². The third-order valence-electron chi connectivity index (χ3n) is 4.23. The summed E-state index contributed by atoms with van der Waals surface area (Å²) in [7, 11) is -1.94. The van der Waals surface area contributed by atoms with E-state index < -0.39 is 15.7 Å². The van der Waals surface area contributed by atoms with Gasteiger partial charge in [0.25, 0.3) is 5.91 Å². The van der Waals surface area contributed by atoms with Crippen molar-refractivity contribution in [2.24, 2.45) is 0 Å². The predicted octanol–water partition coefficient (Wildman–Crippen LogP) is 4.22. The maximum atomic E-state index is 12.6. The summed E-state index contributed by atoms with van der Waals surface area (Å²) in [4.78, 5) is 17.0. The number of hydrogen-bond donors (Lipinski definition) is 1. The lowest BCUT2D eigenvalue weighted by Gasteiger charge is -2.06. The number of rotatable bonds is 5. The van der Waals surface area contributed by atoms with Gasteiger partial charge < -0.3 is 9.15 Å². The molecule has 0 bridgehead atoms. The van der Waals surface area contributed by atoms with E-state index >= 15 is 0 Å². The highest BCUT2D eigenvalue weighted by Gasteiger charge is 2.19. The van der Waals surface area contributed by atoms with Crippen molar-refractivity contribution in [2.75, 3.05) is 18.7 Å². The fourth-order valence-electron chi connectivity index (χ4n) is 2.86. The quantitative estimate of drug-likeness (QED) is 0.511. The van der Waals surface area contributed by atoms with Gasteiger partial charge in [-0.1, -0.05) is 12.1 Å². The average molecular weight is 428 g/mol. The minimum atomic E-state index is -3.53. The van der Waals surface area contributed by atoms with Crippen molar-refractivity contribution in [3.63, 3.8) is 0 Å². The number of benzene rings is 2. The lowest BCUT2D eigenvalue weighted by atomic mass is 10.2. The molecule has 29 heavy (non-hydrogen) atoms. The van der Waals surface area contributed by atoms with Gasteiger partial charge in [0.15, 0.2) is 20.7 Å². The van der Waals surface area contributed by atoms with E-state index in [1.54, 1.807) is 24.6 Å². The number of ether oxygens (including phenoxy) is 1. The molecule has 0 saturated heterocycles. The molecule has 4 aromatic rings. The second kappa shape index (κ2) is 7.34. The molecule has 1 N–H and O–H groups in total. The minimum Gasteiger partial charge on any atom is -0.497 e. The maximum Gasteiger partial charge on any atom is 0.258 e. The molecule has 0 aliphatic rings. The van der Waals surface area contributed by atoms with Crippen LogP contribution in [0.15, 0.2) is 63.2 Å². The van der Waals surface area contributed by atoms with E-state index in [2.05, 4.69) is 10.3 Å². The van der Waals surface area contributed by atoms with Gasteiger partial charge in [0.1, 0.15) is 17.0 Å². The van der Waals surface area contributed by atoms with E-state index in [0.29, 0.717) is 22.2 Å². The molecule has 1 amide bonds. The number of methoxy groups -OCH3 is 1. The number of aromatic nitrogens is 1. The molecule has 0 saturated carbocycles. The van der Waals surface area contributed by atoms with Crippen LogP contribution in [0.2, 0.25) is 0 Å². The Morgan fingerprint density at radius 2 is 1.97 bits per heavy atom. The number of nitrogens with one attached hydrogen (secondary N) is 1. The molecule has 0 atom stereocenters. The molecule has 2 heterocycles. The first-order chi connectivity index (χ1) is 13.8. The molecule has 4 rings (SSSR count). The number of sulfone groups is 1. The summed E-state index contributed by atoms with van der Waals surface area (Å²) in [6.07, 6.45) is 1.07. The Balaban J connectivity index is 1.60. The molecule has 0 unspecified atom stereocenters. The van der Waals surface area contributed by atoms with Crippen LogP contribution in [0, 0.1) is 0 Å². The Kier molecular flexibility index (Phi) is 4.85. The third-order valence-corrected chi connectivity index (χ3v) is 6.14. The second-order valence-corrected chi connectivity index (χ2v) is 9.12. The first-order valence-electron chi connectivity index (χ1n) is 8.49. The molecule has 7 nitrogen and oxygen atoms in total. The van der Waals surface area contributed by atoms with Crippen LogP contribution in [0.3, 0.4) is 0 Å². The van der Waals surface area contributed by atoms with Crippen molar-refractivity contribution in [1.29, 1.82) is 0 Å². The van der Waals surface area contributed by atoms with Crippen LogP contribution in [-0.2, 0) is 9.84 Å². The van der Waals surface area contributed by atoms with Crippen molar-refractivity contribution in [3.05, 3.63) is 59.5 Å². The van der Waals surface area contributed by atoms with E-state index in [1.807, 2.05) is 24.3 Å². The number of anilines is 1. The molecule has 148 valence electrons. The van der Waals surface area contributed by atoms with Crippen LogP contribution >= 0.6 is 11.3 Å². The highest BCUT2D eigenvalue weighted by atomic mass is 32.2. The monoisotopic (exact) mass is 428 g/mol. The van der Waals surface area contributed by atoms with Gasteiger partial charge in [-0.2, -0.15) is 0 Å². The number of carbonyl (C=O) groups excluding carboxylic acids is 1. The van der Waals surface area contributed by atoms with Crippen LogP contribution in [0.4, 0.5) is 5.13 Å². The number of hydrogen-bond acceptors (Lipinski definition) is 7. The van der Waals surface area contributed by atoms with Gasteiger partial charge in [-0.3, -0.25) is 10.1 Å². The van der Waals surface area contributed by atoms with Gasteiger partial charge >= 0.3 is 0 Å². The third kappa shape index (κ3) is 3.87.